The van der Waals surface area contributed by atoms with E-state index in [1.807, 2.05) is 0 Å². The highest BCUT2D eigenvalue weighted by Crippen LogP contribution is 2.14. The second-order valence-corrected chi connectivity index (χ2v) is 21.3. The fraction of sp³-hybridized carbons (Fsp3) is 0.571. The summed E-state index contributed by atoms with van der Waals surface area (Å²) in [5, 5.41) is 0. The van der Waals surface area contributed by atoms with Gasteiger partial charge in [0.2, 0.25) is 0 Å². The molecule has 0 saturated heterocycles. The highest BCUT2D eigenvalue weighted by molar-refractivity contribution is 5.71. The molecule has 0 aromatic rings. The van der Waals surface area contributed by atoms with Crippen LogP contribution in [-0.4, -0.2) is 37.2 Å². The summed E-state index contributed by atoms with van der Waals surface area (Å²) < 4.78 is 16.9. The van der Waals surface area contributed by atoms with Gasteiger partial charge in [-0.1, -0.05) is 280 Å². The van der Waals surface area contributed by atoms with E-state index in [0.717, 1.165) is 167 Å². The second kappa shape index (κ2) is 69.0. The van der Waals surface area contributed by atoms with Gasteiger partial charge >= 0.3 is 17.9 Å². The van der Waals surface area contributed by atoms with Crippen LogP contribution in [-0.2, 0) is 28.6 Å². The lowest BCUT2D eigenvalue weighted by Gasteiger charge is -2.18. The van der Waals surface area contributed by atoms with E-state index in [4.69, 9.17) is 14.2 Å². The Labute approximate surface area is 510 Å². The van der Waals surface area contributed by atoms with Gasteiger partial charge in [0.05, 0.1) is 0 Å². The molecule has 0 radical (unpaired) electrons. The maximum absolute atomic E-state index is 12.9. The zero-order valence-corrected chi connectivity index (χ0v) is 53.1. The highest BCUT2D eigenvalue weighted by atomic mass is 16.6. The topological polar surface area (TPSA) is 78.9 Å². The maximum Gasteiger partial charge on any atom is 0.306 e. The summed E-state index contributed by atoms with van der Waals surface area (Å²) in [7, 11) is 0. The minimum absolute atomic E-state index is 0.116. The second-order valence-electron chi connectivity index (χ2n) is 21.3. The Kier molecular flexibility index (Phi) is 64.4. The van der Waals surface area contributed by atoms with E-state index in [2.05, 4.69) is 203 Å². The molecule has 0 aliphatic carbocycles. The van der Waals surface area contributed by atoms with Crippen molar-refractivity contribution in [1.29, 1.82) is 0 Å². The molecular weight excluding hydrogens is 1020 g/mol. The third-order valence-electron chi connectivity index (χ3n) is 13.4. The Morgan fingerprint density at radius 2 is 0.482 bits per heavy atom. The largest absolute Gasteiger partial charge is 0.462 e. The first-order chi connectivity index (χ1) is 41.0. The Hall–Kier alpha value is -5.49. The molecule has 6 heteroatoms. The molecule has 0 aliphatic heterocycles. The third-order valence-corrected chi connectivity index (χ3v) is 13.4. The van der Waals surface area contributed by atoms with Gasteiger partial charge in [-0.25, -0.2) is 0 Å². The quantitative estimate of drug-likeness (QED) is 0.0261. The summed E-state index contributed by atoms with van der Waals surface area (Å²) in [6, 6.07) is 0. The zero-order valence-electron chi connectivity index (χ0n) is 53.1. The fourth-order valence-corrected chi connectivity index (χ4v) is 8.47. The molecule has 464 valence electrons. The zero-order chi connectivity index (χ0) is 59.9. The number of esters is 3. The number of hydrogen-bond donors (Lipinski definition) is 0. The van der Waals surface area contributed by atoms with E-state index >= 15 is 0 Å². The number of allylic oxidation sites excluding steroid dienone is 30. The molecule has 0 aliphatic rings. The van der Waals surface area contributed by atoms with E-state index in [1.165, 1.54) is 51.4 Å². The van der Waals surface area contributed by atoms with Gasteiger partial charge in [-0.2, -0.15) is 0 Å². The Morgan fingerprint density at radius 3 is 0.771 bits per heavy atom. The first-order valence-corrected chi connectivity index (χ1v) is 33.3. The van der Waals surface area contributed by atoms with Crippen molar-refractivity contribution in [1.82, 2.24) is 0 Å². The lowest BCUT2D eigenvalue weighted by Crippen LogP contribution is -2.30. The van der Waals surface area contributed by atoms with Crippen LogP contribution in [0, 0.1) is 0 Å². The number of carbonyl (C=O) groups is 3. The van der Waals surface area contributed by atoms with Gasteiger partial charge < -0.3 is 14.2 Å². The molecule has 0 heterocycles. The summed E-state index contributed by atoms with van der Waals surface area (Å²) in [6.07, 6.45) is 103. The molecule has 0 fully saturated rings. The van der Waals surface area contributed by atoms with Crippen molar-refractivity contribution in [3.8, 4) is 0 Å². The molecule has 0 rings (SSSR count). The van der Waals surface area contributed by atoms with Crippen molar-refractivity contribution in [3.05, 3.63) is 182 Å². The number of rotatable bonds is 58. The smallest absolute Gasteiger partial charge is 0.306 e. The monoisotopic (exact) mass is 1140 g/mol. The number of ether oxygens (including phenoxy) is 3. The summed E-state index contributed by atoms with van der Waals surface area (Å²) >= 11 is 0. The standard InChI is InChI=1S/C77H120O6/c1-4-7-10-13-16-19-22-25-27-29-31-33-35-36-37-38-39-40-42-43-45-47-49-52-55-58-61-64-67-70-76(79)82-73-74(72-81-75(78)69-66-63-60-57-54-51-24-21-18-15-12-9-6-3)83-77(80)71-68-65-62-59-56-53-50-48-46-44-41-34-32-30-28-26-23-20-17-14-11-8-5-2/h7-8,10-12,15-17,19-21,24-28,31-34,36-37,39-40,44,46,50,53,59,62,74H,4-6,9,13-14,18,22-23,29-30,35,38,41-43,45,47-49,51-52,54-58,60-61,63-73H2,1-3H3/b10-7-,11-8-,15-12-,19-16-,20-17-,24-21-,27-25-,28-26-,33-31-,34-32-,37-36-,40-39-,46-44-,53-50-,62-59-. The van der Waals surface area contributed by atoms with Gasteiger partial charge in [-0.05, 0) is 148 Å². The molecular formula is C77H120O6. The van der Waals surface area contributed by atoms with Crippen LogP contribution in [0.15, 0.2) is 182 Å². The summed E-state index contributed by atoms with van der Waals surface area (Å²) in [4.78, 5) is 38.3. The van der Waals surface area contributed by atoms with Crippen LogP contribution in [0.2, 0.25) is 0 Å². The molecule has 0 amide bonds. The highest BCUT2D eigenvalue weighted by Gasteiger charge is 2.19. The van der Waals surface area contributed by atoms with Crippen LogP contribution >= 0.6 is 0 Å². The van der Waals surface area contributed by atoms with E-state index in [9.17, 15) is 14.4 Å². The van der Waals surface area contributed by atoms with Crippen LogP contribution in [0.1, 0.15) is 265 Å². The molecule has 83 heavy (non-hydrogen) atoms. The van der Waals surface area contributed by atoms with Crippen molar-refractivity contribution >= 4 is 17.9 Å². The van der Waals surface area contributed by atoms with E-state index in [0.29, 0.717) is 19.3 Å². The summed E-state index contributed by atoms with van der Waals surface area (Å²) in [6.45, 7) is 6.28. The van der Waals surface area contributed by atoms with Gasteiger partial charge in [0.15, 0.2) is 6.10 Å². The van der Waals surface area contributed by atoms with Crippen molar-refractivity contribution < 1.29 is 28.6 Å². The third kappa shape index (κ3) is 67.2. The van der Waals surface area contributed by atoms with Gasteiger partial charge in [0.25, 0.3) is 0 Å². The normalized spacial score (nSPS) is 13.3. The van der Waals surface area contributed by atoms with E-state index in [-0.39, 0.29) is 37.5 Å². The number of hydrogen-bond acceptors (Lipinski definition) is 6. The Bertz CT molecular complexity index is 1940. The molecule has 0 bridgehead atoms. The molecule has 0 spiro atoms. The van der Waals surface area contributed by atoms with Crippen molar-refractivity contribution in [2.45, 2.75) is 271 Å². The molecule has 0 aromatic carbocycles. The molecule has 1 atom stereocenters. The lowest BCUT2D eigenvalue weighted by atomic mass is 10.1. The van der Waals surface area contributed by atoms with Crippen molar-refractivity contribution in [2.24, 2.45) is 0 Å². The molecule has 6 nitrogen and oxygen atoms in total. The Balaban J connectivity index is 4.44. The van der Waals surface area contributed by atoms with Gasteiger partial charge in [0, 0.05) is 19.3 Å². The lowest BCUT2D eigenvalue weighted by molar-refractivity contribution is -0.167. The van der Waals surface area contributed by atoms with Gasteiger partial charge in [-0.3, -0.25) is 14.4 Å². The minimum atomic E-state index is -0.828. The van der Waals surface area contributed by atoms with Crippen LogP contribution < -0.4 is 0 Å². The van der Waals surface area contributed by atoms with Crippen LogP contribution in [0.5, 0.6) is 0 Å². The number of unbranched alkanes of at least 4 members (excludes halogenated alkanes) is 17. The van der Waals surface area contributed by atoms with Gasteiger partial charge in [-0.15, -0.1) is 0 Å². The SMILES string of the molecule is CC/C=C\C/C=C\C/C=C\C/C=C\C/C=C\C/C=C\C/C=C\CCCC(=O)OC(COC(=O)CCCCCCC/C=C\C/C=C\CCC)COC(=O)CCCCCCCCCCCC/C=C\C/C=C\C/C=C\C/C=C\C/C=C\C/C=C\CC. The average molecular weight is 1140 g/mol. The maximum atomic E-state index is 12.9. The van der Waals surface area contributed by atoms with Crippen LogP contribution in [0.3, 0.4) is 0 Å². The fourth-order valence-electron chi connectivity index (χ4n) is 8.47. The van der Waals surface area contributed by atoms with Crippen molar-refractivity contribution in [3.63, 3.8) is 0 Å². The number of carbonyl (C=O) groups excluding carboxylic acids is 3. The predicted octanol–water partition coefficient (Wildman–Crippen LogP) is 23.2. The summed E-state index contributed by atoms with van der Waals surface area (Å²) in [5.74, 6) is -1.00. The first-order valence-electron chi connectivity index (χ1n) is 33.3. The van der Waals surface area contributed by atoms with E-state index < -0.39 is 6.10 Å². The molecule has 0 saturated carbocycles. The Morgan fingerprint density at radius 1 is 0.253 bits per heavy atom. The van der Waals surface area contributed by atoms with E-state index in [1.54, 1.807) is 0 Å². The van der Waals surface area contributed by atoms with Gasteiger partial charge in [0.1, 0.15) is 13.2 Å². The molecule has 0 aromatic heterocycles. The van der Waals surface area contributed by atoms with Crippen molar-refractivity contribution in [2.75, 3.05) is 13.2 Å². The summed E-state index contributed by atoms with van der Waals surface area (Å²) in [5.41, 5.74) is 0. The average Bonchev–Trinajstić information content (AvgIpc) is 3.49. The molecule has 0 N–H and O–H groups in total. The van der Waals surface area contributed by atoms with Crippen LogP contribution in [0.4, 0.5) is 0 Å². The van der Waals surface area contributed by atoms with Crippen LogP contribution in [0.25, 0.3) is 0 Å². The molecule has 1 unspecified atom stereocenters. The minimum Gasteiger partial charge on any atom is -0.462 e. The predicted molar refractivity (Wildman–Crippen MR) is 361 cm³/mol. The first kappa shape index (κ1) is 77.5.